The third-order valence-corrected chi connectivity index (χ3v) is 6.66. The van der Waals surface area contributed by atoms with Crippen LogP contribution in [0.15, 0.2) is 82.8 Å². The van der Waals surface area contributed by atoms with Gasteiger partial charge in [0.2, 0.25) is 0 Å². The number of pyridine rings is 1. The molecule has 0 fully saturated rings. The van der Waals surface area contributed by atoms with Crippen molar-refractivity contribution in [1.82, 2.24) is 14.8 Å². The van der Waals surface area contributed by atoms with Gasteiger partial charge in [-0.2, -0.15) is 5.10 Å². The number of hydrogen-bond donors (Lipinski definition) is 2. The number of carbonyl (C=O) groups excluding carboxylic acids is 1. The summed E-state index contributed by atoms with van der Waals surface area (Å²) in [4.78, 5) is 16.8. The van der Waals surface area contributed by atoms with Gasteiger partial charge in [-0.15, -0.1) is 11.3 Å². The van der Waals surface area contributed by atoms with Crippen LogP contribution in [-0.4, -0.2) is 29.1 Å². The van der Waals surface area contributed by atoms with E-state index in [1.54, 1.807) is 64.9 Å². The molecule has 0 saturated carbocycles. The van der Waals surface area contributed by atoms with E-state index >= 15 is 0 Å². The minimum atomic E-state index is -3.68. The van der Waals surface area contributed by atoms with E-state index in [1.807, 2.05) is 0 Å². The first kappa shape index (κ1) is 18.8. The lowest BCUT2D eigenvalue weighted by molar-refractivity contribution is 0.102. The van der Waals surface area contributed by atoms with E-state index in [2.05, 4.69) is 20.1 Å². The molecule has 8 nitrogen and oxygen atoms in total. The Kier molecular flexibility index (Phi) is 5.10. The molecule has 0 saturated heterocycles. The van der Waals surface area contributed by atoms with Crippen molar-refractivity contribution in [1.29, 1.82) is 0 Å². The van der Waals surface area contributed by atoms with E-state index in [0.717, 1.165) is 11.3 Å². The summed E-state index contributed by atoms with van der Waals surface area (Å²) in [7, 11) is -3.68. The Morgan fingerprint density at radius 3 is 2.62 bits per heavy atom. The molecule has 3 aromatic heterocycles. The highest BCUT2D eigenvalue weighted by atomic mass is 32.2. The third-order valence-electron chi connectivity index (χ3n) is 3.88. The van der Waals surface area contributed by atoms with Crippen molar-refractivity contribution >= 4 is 38.6 Å². The van der Waals surface area contributed by atoms with Crippen molar-refractivity contribution in [2.75, 3.05) is 10.0 Å². The summed E-state index contributed by atoms with van der Waals surface area (Å²) in [5, 5.41) is 8.52. The number of hydrogen-bond acceptors (Lipinski definition) is 6. The number of anilines is 2. The first-order valence-electron chi connectivity index (χ1n) is 8.45. The fraction of sp³-hybridized carbons (Fsp3) is 0. The highest BCUT2D eigenvalue weighted by Gasteiger charge is 2.16. The van der Waals surface area contributed by atoms with E-state index in [4.69, 9.17) is 0 Å². The van der Waals surface area contributed by atoms with Crippen molar-refractivity contribution in [3.63, 3.8) is 0 Å². The fourth-order valence-electron chi connectivity index (χ4n) is 2.55. The van der Waals surface area contributed by atoms with Gasteiger partial charge in [-0.25, -0.2) is 18.1 Å². The van der Waals surface area contributed by atoms with Crippen LogP contribution in [0, 0.1) is 0 Å². The highest BCUT2D eigenvalue weighted by Crippen LogP contribution is 2.21. The normalized spacial score (nSPS) is 11.2. The minimum absolute atomic E-state index is 0.204. The maximum atomic E-state index is 12.5. The number of thiophene rings is 1. The summed E-state index contributed by atoms with van der Waals surface area (Å²) in [6.07, 6.45) is 4.94. The van der Waals surface area contributed by atoms with Gasteiger partial charge in [0.25, 0.3) is 15.9 Å². The second kappa shape index (κ2) is 7.86. The first-order valence-corrected chi connectivity index (χ1v) is 10.8. The van der Waals surface area contributed by atoms with Crippen LogP contribution >= 0.6 is 11.3 Å². The molecule has 146 valence electrons. The van der Waals surface area contributed by atoms with Gasteiger partial charge in [0.15, 0.2) is 5.82 Å². The molecule has 10 heteroatoms. The molecule has 0 bridgehead atoms. The zero-order chi connectivity index (χ0) is 20.3. The van der Waals surface area contributed by atoms with Crippen molar-refractivity contribution in [3.05, 3.63) is 84.1 Å². The van der Waals surface area contributed by atoms with E-state index in [-0.39, 0.29) is 10.1 Å². The number of aromatic nitrogens is 3. The largest absolute Gasteiger partial charge is 0.321 e. The summed E-state index contributed by atoms with van der Waals surface area (Å²) in [5.41, 5.74) is 1.13. The Hall–Kier alpha value is -3.50. The average Bonchev–Trinajstić information content (AvgIpc) is 3.43. The van der Waals surface area contributed by atoms with Crippen LogP contribution in [0.4, 0.5) is 11.4 Å². The summed E-state index contributed by atoms with van der Waals surface area (Å²) in [6, 6.07) is 14.7. The summed E-state index contributed by atoms with van der Waals surface area (Å²) >= 11 is 1.12. The van der Waals surface area contributed by atoms with Gasteiger partial charge in [0.1, 0.15) is 4.21 Å². The zero-order valence-electron chi connectivity index (χ0n) is 14.9. The van der Waals surface area contributed by atoms with Crippen LogP contribution < -0.4 is 10.0 Å². The lowest BCUT2D eigenvalue weighted by Crippen LogP contribution is -2.14. The Morgan fingerprint density at radius 2 is 1.93 bits per heavy atom. The van der Waals surface area contributed by atoms with Crippen molar-refractivity contribution < 1.29 is 13.2 Å². The number of sulfonamides is 1. The topological polar surface area (TPSA) is 106 Å². The second-order valence-electron chi connectivity index (χ2n) is 5.93. The molecule has 0 aliphatic heterocycles. The number of carbonyl (C=O) groups is 1. The molecule has 0 aliphatic carbocycles. The smallest absolute Gasteiger partial charge is 0.271 e. The Labute approximate surface area is 170 Å². The van der Waals surface area contributed by atoms with Crippen LogP contribution in [0.2, 0.25) is 0 Å². The molecule has 0 spiro atoms. The molecule has 3 heterocycles. The molecule has 0 atom stereocenters. The molecule has 4 rings (SSSR count). The van der Waals surface area contributed by atoms with Gasteiger partial charge in [-0.05, 0) is 47.8 Å². The maximum absolute atomic E-state index is 12.5. The molecule has 1 amide bonds. The van der Waals surface area contributed by atoms with Gasteiger partial charge >= 0.3 is 0 Å². The fourth-order valence-corrected chi connectivity index (χ4v) is 4.59. The Bertz CT molecular complexity index is 1220. The van der Waals surface area contributed by atoms with Crippen LogP contribution in [0.5, 0.6) is 0 Å². The van der Waals surface area contributed by atoms with Crippen LogP contribution in [0.25, 0.3) is 5.82 Å². The van der Waals surface area contributed by atoms with Crippen LogP contribution in [-0.2, 0) is 10.0 Å². The molecule has 0 radical (unpaired) electrons. The molecule has 4 aromatic rings. The number of benzene rings is 1. The second-order valence-corrected chi connectivity index (χ2v) is 8.79. The van der Waals surface area contributed by atoms with Crippen molar-refractivity contribution in [2.24, 2.45) is 0 Å². The molecule has 0 aliphatic rings. The molecular formula is C19H15N5O3S2. The zero-order valence-corrected chi connectivity index (χ0v) is 16.5. The van der Waals surface area contributed by atoms with Crippen molar-refractivity contribution in [3.8, 4) is 5.82 Å². The molecule has 1 aromatic carbocycles. The van der Waals surface area contributed by atoms with Crippen LogP contribution in [0.1, 0.15) is 10.4 Å². The molecule has 0 unspecified atom stereocenters. The lowest BCUT2D eigenvalue weighted by atomic mass is 10.2. The Morgan fingerprint density at radius 1 is 1.03 bits per heavy atom. The molecular weight excluding hydrogens is 410 g/mol. The average molecular weight is 425 g/mol. The summed E-state index contributed by atoms with van der Waals surface area (Å²) in [6.45, 7) is 0. The van der Waals surface area contributed by atoms with Gasteiger partial charge in [0.05, 0.1) is 11.9 Å². The van der Waals surface area contributed by atoms with Gasteiger partial charge in [-0.1, -0.05) is 12.1 Å². The number of rotatable bonds is 6. The van der Waals surface area contributed by atoms with E-state index in [9.17, 15) is 13.2 Å². The third kappa shape index (κ3) is 4.33. The molecule has 29 heavy (non-hydrogen) atoms. The first-order chi connectivity index (χ1) is 14.0. The number of amides is 1. The van der Waals surface area contributed by atoms with E-state index in [1.165, 1.54) is 18.3 Å². The lowest BCUT2D eigenvalue weighted by Gasteiger charge is -2.09. The highest BCUT2D eigenvalue weighted by molar-refractivity contribution is 7.94. The number of nitrogens with zero attached hydrogens (tertiary/aromatic N) is 3. The van der Waals surface area contributed by atoms with Gasteiger partial charge in [-0.3, -0.25) is 9.52 Å². The minimum Gasteiger partial charge on any atom is -0.321 e. The van der Waals surface area contributed by atoms with E-state index < -0.39 is 10.0 Å². The summed E-state index contributed by atoms with van der Waals surface area (Å²) in [5.74, 6) is 0.244. The molecule has 2 N–H and O–H groups in total. The maximum Gasteiger partial charge on any atom is 0.271 e. The SMILES string of the molecule is O=C(Nc1ccc(-n2cccn2)nc1)c1cccc(NS(=O)(=O)c2cccs2)c1. The predicted octanol–water partition coefficient (Wildman–Crippen LogP) is 3.38. The van der Waals surface area contributed by atoms with E-state index in [0.29, 0.717) is 22.8 Å². The quantitative estimate of drug-likeness (QED) is 0.493. The monoisotopic (exact) mass is 425 g/mol. The Balaban J connectivity index is 1.47. The van der Waals surface area contributed by atoms with Gasteiger partial charge in [0, 0.05) is 23.6 Å². The predicted molar refractivity (Wildman–Crippen MR) is 111 cm³/mol. The number of nitrogens with one attached hydrogen (secondary N) is 2. The summed E-state index contributed by atoms with van der Waals surface area (Å²) < 4.78 is 29.0. The standard InChI is InChI=1S/C19H15N5O3S2/c25-19(22-16-7-8-17(20-13-16)24-10-3-9-21-24)14-4-1-5-15(12-14)23-29(26,27)18-6-2-11-28-18/h1-13,23H,(H,22,25). The van der Waals surface area contributed by atoms with Crippen LogP contribution in [0.3, 0.4) is 0 Å². The van der Waals surface area contributed by atoms with Crippen molar-refractivity contribution in [2.45, 2.75) is 4.21 Å². The van der Waals surface area contributed by atoms with Gasteiger partial charge < -0.3 is 5.32 Å².